The standard InChI is InChI=1S/C11H14NO.U/c1-4-12(10(3)13)11-7-5-6-9(2)8-11;/h4-8H,1-3H3;/q-1;. The number of aryl methyl sites for hydroxylation is 1. The van der Waals surface area contributed by atoms with E-state index >= 15 is 0 Å². The number of amides is 1. The van der Waals surface area contributed by atoms with Crippen LogP contribution in [0, 0.1) is 44.6 Å². The molecule has 0 N–H and O–H groups in total. The predicted molar refractivity (Wildman–Crippen MR) is 54.3 cm³/mol. The molecule has 2 nitrogen and oxygen atoms in total. The molecule has 0 fully saturated rings. The number of benzene rings is 1. The van der Waals surface area contributed by atoms with Gasteiger partial charge >= 0.3 is 0 Å². The Hall–Kier alpha value is -0.258. The van der Waals surface area contributed by atoms with Gasteiger partial charge in [-0.05, 0) is 24.6 Å². The summed E-state index contributed by atoms with van der Waals surface area (Å²) >= 11 is 0. The van der Waals surface area contributed by atoms with E-state index in [1.807, 2.05) is 38.1 Å². The molecular weight excluding hydrogens is 400 g/mol. The average Bonchev–Trinajstić information content (AvgIpc) is 2.04. The first-order chi connectivity index (χ1) is 6.15. The summed E-state index contributed by atoms with van der Waals surface area (Å²) in [5, 5.41) is 0. The minimum absolute atomic E-state index is 0. The van der Waals surface area contributed by atoms with Gasteiger partial charge in [0, 0.05) is 43.7 Å². The Morgan fingerprint density at radius 1 is 1.43 bits per heavy atom. The maximum atomic E-state index is 11.2. The van der Waals surface area contributed by atoms with Crippen LogP contribution in [0.4, 0.5) is 5.69 Å². The molecule has 0 saturated heterocycles. The van der Waals surface area contributed by atoms with Gasteiger partial charge < -0.3 is 4.90 Å². The van der Waals surface area contributed by atoms with E-state index in [1.54, 1.807) is 18.4 Å². The zero-order chi connectivity index (χ0) is 9.84. The molecule has 0 heterocycles. The van der Waals surface area contributed by atoms with Crippen molar-refractivity contribution in [3.05, 3.63) is 36.4 Å². The monoisotopic (exact) mass is 414 g/mol. The number of carbonyl (C=O) groups excluding carboxylic acids is 1. The van der Waals surface area contributed by atoms with Crippen molar-refractivity contribution in [1.29, 1.82) is 0 Å². The SMILES string of the molecule is C[CH-]N(C(C)=O)c1cccc(C)c1.[U]. The topological polar surface area (TPSA) is 20.3 Å². The maximum Gasteiger partial charge on any atom is 0.194 e. The molecule has 0 aliphatic carbocycles. The van der Waals surface area contributed by atoms with E-state index in [0.717, 1.165) is 11.3 Å². The summed E-state index contributed by atoms with van der Waals surface area (Å²) < 4.78 is 0. The second kappa shape index (κ2) is 6.27. The molecule has 0 bridgehead atoms. The molecule has 0 saturated carbocycles. The second-order valence-electron chi connectivity index (χ2n) is 2.99. The Morgan fingerprint density at radius 3 is 2.50 bits per heavy atom. The molecule has 1 amide bonds. The summed E-state index contributed by atoms with van der Waals surface area (Å²) in [7, 11) is 0. The Morgan fingerprint density at radius 2 is 2.07 bits per heavy atom. The minimum Gasteiger partial charge on any atom is -0.465 e. The van der Waals surface area contributed by atoms with E-state index < -0.39 is 0 Å². The van der Waals surface area contributed by atoms with Gasteiger partial charge in [-0.25, -0.2) is 6.54 Å². The Bertz CT molecular complexity index is 312. The first-order valence-electron chi connectivity index (χ1n) is 4.31. The molecule has 14 heavy (non-hydrogen) atoms. The third-order valence-corrected chi connectivity index (χ3v) is 1.88. The number of hydrogen-bond donors (Lipinski definition) is 0. The van der Waals surface area contributed by atoms with Crippen LogP contribution in [-0.2, 0) is 4.79 Å². The van der Waals surface area contributed by atoms with Gasteiger partial charge in [0.25, 0.3) is 0 Å². The first-order valence-corrected chi connectivity index (χ1v) is 4.31. The molecule has 0 atom stereocenters. The first kappa shape index (κ1) is 13.7. The van der Waals surface area contributed by atoms with Crippen LogP contribution in [0.2, 0.25) is 0 Å². The normalized spacial score (nSPS) is 9.07. The second-order valence-corrected chi connectivity index (χ2v) is 2.99. The molecule has 0 aliphatic rings. The van der Waals surface area contributed by atoms with Crippen LogP contribution in [0.15, 0.2) is 24.3 Å². The summed E-state index contributed by atoms with van der Waals surface area (Å²) in [5.74, 6) is 0.0353. The van der Waals surface area contributed by atoms with Gasteiger partial charge in [-0.3, -0.25) is 4.79 Å². The van der Waals surface area contributed by atoms with Crippen molar-refractivity contribution >= 4 is 11.6 Å². The van der Waals surface area contributed by atoms with Crippen molar-refractivity contribution in [2.75, 3.05) is 4.90 Å². The molecule has 74 valence electrons. The smallest absolute Gasteiger partial charge is 0.194 e. The van der Waals surface area contributed by atoms with Crippen molar-refractivity contribution in [1.82, 2.24) is 0 Å². The van der Waals surface area contributed by atoms with Gasteiger partial charge in [0.05, 0.1) is 0 Å². The predicted octanol–water partition coefficient (Wildman–Crippen LogP) is 2.53. The van der Waals surface area contributed by atoms with E-state index in [0.29, 0.717) is 0 Å². The van der Waals surface area contributed by atoms with Crippen LogP contribution >= 0.6 is 0 Å². The molecule has 3 heteroatoms. The molecule has 1 rings (SSSR count). The number of hydrogen-bond acceptors (Lipinski definition) is 1. The van der Waals surface area contributed by atoms with Crippen molar-refractivity contribution < 1.29 is 35.9 Å². The average molecular weight is 414 g/mol. The fourth-order valence-corrected chi connectivity index (χ4v) is 1.29. The van der Waals surface area contributed by atoms with Crippen molar-refractivity contribution in [3.63, 3.8) is 0 Å². The van der Waals surface area contributed by atoms with Crippen LogP contribution < -0.4 is 4.90 Å². The Balaban J connectivity index is 0.00000169. The molecule has 0 aliphatic heterocycles. The molecular formula is C11H14NOU-. The summed E-state index contributed by atoms with van der Waals surface area (Å²) in [4.78, 5) is 12.8. The van der Waals surface area contributed by atoms with Gasteiger partial charge in [0.1, 0.15) is 0 Å². The zero-order valence-electron chi connectivity index (χ0n) is 8.74. The van der Waals surface area contributed by atoms with Crippen molar-refractivity contribution in [3.8, 4) is 0 Å². The molecule has 1 aromatic rings. The van der Waals surface area contributed by atoms with Crippen LogP contribution in [-0.4, -0.2) is 5.91 Å². The minimum atomic E-state index is 0. The molecule has 0 unspecified atom stereocenters. The van der Waals surface area contributed by atoms with Crippen LogP contribution in [0.5, 0.6) is 0 Å². The fraction of sp³-hybridized carbons (Fsp3) is 0.273. The van der Waals surface area contributed by atoms with Crippen LogP contribution in [0.1, 0.15) is 19.4 Å². The Labute approximate surface area is 109 Å². The van der Waals surface area contributed by atoms with E-state index in [-0.39, 0.29) is 37.0 Å². The van der Waals surface area contributed by atoms with Gasteiger partial charge in [0.15, 0.2) is 5.91 Å². The third-order valence-electron chi connectivity index (χ3n) is 1.88. The van der Waals surface area contributed by atoms with Crippen LogP contribution in [0.3, 0.4) is 0 Å². The summed E-state index contributed by atoms with van der Waals surface area (Å²) in [6.07, 6.45) is 0. The quantitative estimate of drug-likeness (QED) is 0.682. The van der Waals surface area contributed by atoms with Gasteiger partial charge in [-0.15, -0.1) is 0 Å². The zero-order valence-corrected chi connectivity index (χ0v) is 12.9. The third kappa shape index (κ3) is 3.48. The van der Waals surface area contributed by atoms with Crippen LogP contribution in [0.25, 0.3) is 0 Å². The number of nitrogens with zero attached hydrogens (tertiary/aromatic N) is 1. The van der Waals surface area contributed by atoms with Gasteiger partial charge in [0.2, 0.25) is 0 Å². The number of rotatable bonds is 2. The van der Waals surface area contributed by atoms with E-state index in [1.165, 1.54) is 0 Å². The number of carbonyl (C=O) groups is 1. The molecule has 0 radical (unpaired) electrons. The molecule has 0 spiro atoms. The number of anilines is 1. The summed E-state index contributed by atoms with van der Waals surface area (Å²) in [5.41, 5.74) is 2.08. The van der Waals surface area contributed by atoms with E-state index in [9.17, 15) is 4.79 Å². The summed E-state index contributed by atoms with van der Waals surface area (Å²) in [6, 6.07) is 7.87. The van der Waals surface area contributed by atoms with Crippen molar-refractivity contribution in [2.45, 2.75) is 20.8 Å². The maximum absolute atomic E-state index is 11.2. The summed E-state index contributed by atoms with van der Waals surface area (Å²) in [6.45, 7) is 7.20. The molecule has 1 aromatic carbocycles. The molecule has 0 aromatic heterocycles. The van der Waals surface area contributed by atoms with Gasteiger partial charge in [-0.2, -0.15) is 6.92 Å². The largest absolute Gasteiger partial charge is 0.465 e. The van der Waals surface area contributed by atoms with E-state index in [2.05, 4.69) is 0 Å². The Kier molecular flexibility index (Phi) is 6.15. The van der Waals surface area contributed by atoms with E-state index in [4.69, 9.17) is 0 Å². The van der Waals surface area contributed by atoms with Crippen molar-refractivity contribution in [2.24, 2.45) is 0 Å². The van der Waals surface area contributed by atoms with Gasteiger partial charge in [-0.1, -0.05) is 12.1 Å². The fourth-order valence-electron chi connectivity index (χ4n) is 1.29.